The highest BCUT2D eigenvalue weighted by Crippen LogP contribution is 2.34. The van der Waals surface area contributed by atoms with Crippen LogP contribution >= 0.6 is 0 Å². The Hall–Kier alpha value is -2.37. The van der Waals surface area contributed by atoms with Gasteiger partial charge in [0.1, 0.15) is 5.82 Å². The summed E-state index contributed by atoms with van der Waals surface area (Å²) < 4.78 is 18.3. The third-order valence-corrected chi connectivity index (χ3v) is 4.41. The van der Waals surface area contributed by atoms with Gasteiger partial charge in [-0.15, -0.1) is 0 Å². The normalized spacial score (nSPS) is 16.5. The standard InChI is InChI=1S/C16H17FN4O/c1-10-19-16(20-22-10)21-6-4-11(5-7-21)14-9-18-15-8-12(17)2-3-13(14)15/h2-3,8-9,11,18H,4-7H2,1H3. The van der Waals surface area contributed by atoms with Crippen LogP contribution in [0, 0.1) is 12.7 Å². The molecule has 2 aromatic heterocycles. The third kappa shape index (κ3) is 2.24. The van der Waals surface area contributed by atoms with Gasteiger partial charge in [0.25, 0.3) is 5.95 Å². The molecule has 1 N–H and O–H groups in total. The lowest BCUT2D eigenvalue weighted by atomic mass is 9.89. The van der Waals surface area contributed by atoms with Crippen LogP contribution in [0.15, 0.2) is 28.9 Å². The molecule has 1 fully saturated rings. The van der Waals surface area contributed by atoms with Crippen molar-refractivity contribution in [2.45, 2.75) is 25.7 Å². The summed E-state index contributed by atoms with van der Waals surface area (Å²) in [6, 6.07) is 4.94. The zero-order valence-electron chi connectivity index (χ0n) is 12.3. The molecule has 4 rings (SSSR count). The number of fused-ring (bicyclic) bond motifs is 1. The first kappa shape index (κ1) is 13.3. The lowest BCUT2D eigenvalue weighted by Gasteiger charge is -2.30. The summed E-state index contributed by atoms with van der Waals surface area (Å²) in [6.45, 7) is 3.60. The molecule has 0 atom stereocenters. The fraction of sp³-hybridized carbons (Fsp3) is 0.375. The Balaban J connectivity index is 1.53. The average molecular weight is 300 g/mol. The van der Waals surface area contributed by atoms with Crippen LogP contribution in [0.2, 0.25) is 0 Å². The van der Waals surface area contributed by atoms with Crippen LogP contribution in [0.3, 0.4) is 0 Å². The molecule has 1 aliphatic rings. The molecular weight excluding hydrogens is 283 g/mol. The Morgan fingerprint density at radius 1 is 1.32 bits per heavy atom. The molecule has 3 heterocycles. The second kappa shape index (κ2) is 5.12. The van der Waals surface area contributed by atoms with Crippen molar-refractivity contribution in [3.8, 4) is 0 Å². The molecular formula is C16H17FN4O. The summed E-state index contributed by atoms with van der Waals surface area (Å²) in [4.78, 5) is 9.62. The van der Waals surface area contributed by atoms with E-state index in [1.807, 2.05) is 12.3 Å². The van der Waals surface area contributed by atoms with E-state index in [-0.39, 0.29) is 5.82 Å². The highest BCUT2D eigenvalue weighted by Gasteiger charge is 2.25. The summed E-state index contributed by atoms with van der Waals surface area (Å²) in [7, 11) is 0. The van der Waals surface area contributed by atoms with E-state index in [1.165, 1.54) is 11.6 Å². The number of benzene rings is 1. The number of nitrogens with zero attached hydrogens (tertiary/aromatic N) is 3. The summed E-state index contributed by atoms with van der Waals surface area (Å²) in [6.07, 6.45) is 4.07. The second-order valence-electron chi connectivity index (χ2n) is 5.81. The maximum absolute atomic E-state index is 13.3. The first-order chi connectivity index (χ1) is 10.7. The van der Waals surface area contributed by atoms with Gasteiger partial charge >= 0.3 is 0 Å². The number of H-pyrrole nitrogens is 1. The number of aromatic amines is 1. The largest absolute Gasteiger partial charge is 0.361 e. The van der Waals surface area contributed by atoms with Crippen molar-refractivity contribution in [2.24, 2.45) is 0 Å². The zero-order valence-corrected chi connectivity index (χ0v) is 12.3. The molecule has 114 valence electrons. The average Bonchev–Trinajstić information content (AvgIpc) is 3.13. The maximum Gasteiger partial charge on any atom is 0.266 e. The molecule has 1 saturated heterocycles. The molecule has 0 radical (unpaired) electrons. The zero-order chi connectivity index (χ0) is 15.1. The van der Waals surface area contributed by atoms with Crippen LogP contribution in [0.4, 0.5) is 10.3 Å². The van der Waals surface area contributed by atoms with Gasteiger partial charge in [-0.1, -0.05) is 0 Å². The highest BCUT2D eigenvalue weighted by atomic mass is 19.1. The van der Waals surface area contributed by atoms with Gasteiger partial charge in [-0.3, -0.25) is 0 Å². The van der Waals surface area contributed by atoms with Gasteiger partial charge in [-0.25, -0.2) is 4.39 Å². The van der Waals surface area contributed by atoms with Gasteiger partial charge in [0.2, 0.25) is 5.89 Å². The van der Waals surface area contributed by atoms with Crippen LogP contribution in [0.5, 0.6) is 0 Å². The topological polar surface area (TPSA) is 58.0 Å². The van der Waals surface area contributed by atoms with Gasteiger partial charge < -0.3 is 14.4 Å². The number of aryl methyl sites for hydroxylation is 1. The predicted octanol–water partition coefficient (Wildman–Crippen LogP) is 3.38. The van der Waals surface area contributed by atoms with Crippen molar-refractivity contribution in [2.75, 3.05) is 18.0 Å². The number of aromatic nitrogens is 3. The first-order valence-electron chi connectivity index (χ1n) is 7.52. The quantitative estimate of drug-likeness (QED) is 0.788. The SMILES string of the molecule is Cc1nc(N2CCC(c3c[nH]c4cc(F)ccc34)CC2)no1. The lowest BCUT2D eigenvalue weighted by Crippen LogP contribution is -2.33. The van der Waals surface area contributed by atoms with E-state index in [0.29, 0.717) is 17.8 Å². The van der Waals surface area contributed by atoms with Gasteiger partial charge in [-0.2, -0.15) is 4.98 Å². The number of anilines is 1. The number of halogens is 1. The van der Waals surface area contributed by atoms with E-state index in [4.69, 9.17) is 4.52 Å². The Morgan fingerprint density at radius 3 is 2.86 bits per heavy atom. The Bertz CT molecular complexity index is 801. The van der Waals surface area contributed by atoms with E-state index < -0.39 is 0 Å². The molecule has 5 nitrogen and oxygen atoms in total. The van der Waals surface area contributed by atoms with Crippen LogP contribution < -0.4 is 4.90 Å². The van der Waals surface area contributed by atoms with E-state index in [9.17, 15) is 4.39 Å². The van der Waals surface area contributed by atoms with Gasteiger partial charge in [0.15, 0.2) is 0 Å². The van der Waals surface area contributed by atoms with Gasteiger partial charge in [0.05, 0.1) is 0 Å². The summed E-state index contributed by atoms with van der Waals surface area (Å²) in [5.74, 6) is 1.54. The predicted molar refractivity (Wildman–Crippen MR) is 81.5 cm³/mol. The minimum Gasteiger partial charge on any atom is -0.361 e. The monoisotopic (exact) mass is 300 g/mol. The molecule has 1 aromatic carbocycles. The van der Waals surface area contributed by atoms with E-state index in [0.717, 1.165) is 36.8 Å². The molecule has 22 heavy (non-hydrogen) atoms. The van der Waals surface area contributed by atoms with Crippen LogP contribution in [0.25, 0.3) is 10.9 Å². The van der Waals surface area contributed by atoms with Crippen LogP contribution in [-0.2, 0) is 0 Å². The number of hydrogen-bond donors (Lipinski definition) is 1. The highest BCUT2D eigenvalue weighted by molar-refractivity contribution is 5.83. The Labute approximate surface area is 127 Å². The molecule has 0 amide bonds. The fourth-order valence-corrected chi connectivity index (χ4v) is 3.27. The fourth-order valence-electron chi connectivity index (χ4n) is 3.27. The van der Waals surface area contributed by atoms with Crippen LogP contribution in [0.1, 0.15) is 30.2 Å². The molecule has 0 bridgehead atoms. The Morgan fingerprint density at radius 2 is 2.14 bits per heavy atom. The van der Waals surface area contributed by atoms with Crippen molar-refractivity contribution in [1.29, 1.82) is 0 Å². The van der Waals surface area contributed by atoms with Crippen LogP contribution in [-0.4, -0.2) is 28.2 Å². The van der Waals surface area contributed by atoms with E-state index in [2.05, 4.69) is 20.0 Å². The lowest BCUT2D eigenvalue weighted by molar-refractivity contribution is 0.390. The number of hydrogen-bond acceptors (Lipinski definition) is 4. The molecule has 0 aliphatic carbocycles. The molecule has 6 heteroatoms. The van der Waals surface area contributed by atoms with E-state index >= 15 is 0 Å². The maximum atomic E-state index is 13.3. The minimum absolute atomic E-state index is 0.205. The number of piperidine rings is 1. The molecule has 0 spiro atoms. The van der Waals surface area contributed by atoms with Crippen molar-refractivity contribution in [3.63, 3.8) is 0 Å². The first-order valence-corrected chi connectivity index (χ1v) is 7.52. The van der Waals surface area contributed by atoms with Crippen molar-refractivity contribution < 1.29 is 8.91 Å². The number of rotatable bonds is 2. The van der Waals surface area contributed by atoms with Crippen molar-refractivity contribution in [3.05, 3.63) is 41.7 Å². The van der Waals surface area contributed by atoms with Crippen molar-refractivity contribution >= 4 is 16.9 Å². The van der Waals surface area contributed by atoms with Gasteiger partial charge in [-0.05, 0) is 47.7 Å². The summed E-state index contributed by atoms with van der Waals surface area (Å²) in [5, 5.41) is 5.10. The molecule has 0 unspecified atom stereocenters. The second-order valence-corrected chi connectivity index (χ2v) is 5.81. The van der Waals surface area contributed by atoms with Gasteiger partial charge in [0, 0.05) is 37.1 Å². The third-order valence-electron chi connectivity index (χ3n) is 4.41. The molecule has 1 aliphatic heterocycles. The summed E-state index contributed by atoms with van der Waals surface area (Å²) in [5.41, 5.74) is 2.14. The number of nitrogens with one attached hydrogen (secondary N) is 1. The van der Waals surface area contributed by atoms with E-state index in [1.54, 1.807) is 13.0 Å². The molecule has 0 saturated carbocycles. The minimum atomic E-state index is -0.205. The molecule has 3 aromatic rings. The van der Waals surface area contributed by atoms with Crippen molar-refractivity contribution in [1.82, 2.24) is 15.1 Å². The summed E-state index contributed by atoms with van der Waals surface area (Å²) >= 11 is 0. The Kier molecular flexibility index (Phi) is 3.10. The smallest absolute Gasteiger partial charge is 0.266 e.